The molecule has 0 saturated heterocycles. The molecule has 0 amide bonds. The van der Waals surface area contributed by atoms with E-state index in [9.17, 15) is 9.90 Å². The first-order chi connectivity index (χ1) is 14.2. The maximum absolute atomic E-state index is 13.5. The normalized spacial score (nSPS) is 21.1. The molecule has 2 aliphatic heterocycles. The fourth-order valence-electron chi connectivity index (χ4n) is 3.81. The third-order valence-corrected chi connectivity index (χ3v) is 5.36. The molecule has 2 aromatic carbocycles. The molecule has 7 nitrogen and oxygen atoms in total. The van der Waals surface area contributed by atoms with Gasteiger partial charge in [0.2, 0.25) is 5.78 Å². The number of fused-ring (bicyclic) bond motifs is 2. The van der Waals surface area contributed by atoms with Crippen LogP contribution in [0, 0.1) is 0 Å². The highest BCUT2D eigenvalue weighted by molar-refractivity contribution is 6.08. The van der Waals surface area contributed by atoms with Crippen molar-refractivity contribution in [1.29, 1.82) is 0 Å². The smallest absolute Gasteiger partial charge is 0.210 e. The molecule has 2 aromatic rings. The molecule has 0 bridgehead atoms. The molecule has 0 fully saturated rings. The summed E-state index contributed by atoms with van der Waals surface area (Å²) in [6.45, 7) is 3.60. The van der Waals surface area contributed by atoms with E-state index in [0.717, 1.165) is 0 Å². The van der Waals surface area contributed by atoms with Crippen LogP contribution >= 0.6 is 0 Å². The van der Waals surface area contributed by atoms with Crippen molar-refractivity contribution < 1.29 is 33.6 Å². The predicted molar refractivity (Wildman–Crippen MR) is 110 cm³/mol. The van der Waals surface area contributed by atoms with E-state index in [1.54, 1.807) is 24.3 Å². The van der Waals surface area contributed by atoms with Gasteiger partial charge in [0.1, 0.15) is 46.5 Å². The van der Waals surface area contributed by atoms with Crippen LogP contribution in [-0.4, -0.2) is 44.4 Å². The highest BCUT2D eigenvalue weighted by Gasteiger charge is 2.48. The number of rotatable bonds is 4. The third-order valence-electron chi connectivity index (χ3n) is 5.36. The van der Waals surface area contributed by atoms with Crippen molar-refractivity contribution in [2.75, 3.05) is 27.9 Å². The van der Waals surface area contributed by atoms with E-state index in [4.69, 9.17) is 23.7 Å². The fourth-order valence-corrected chi connectivity index (χ4v) is 3.81. The molecule has 30 heavy (non-hydrogen) atoms. The Kier molecular flexibility index (Phi) is 4.66. The average Bonchev–Trinajstić information content (AvgIpc) is 2.73. The average molecular weight is 412 g/mol. The molecular formula is C23H24O7. The standard InChI is InChI=1S/C23H24O7/c1-22(2)9-8-14-16(30-22)7-6-15(20(14)28-5)23(25)12-29-18-11-13(26-3)10-17(27-4)19(18)21(23)24/h6-11,25H,12H2,1-5H3. The molecular weight excluding hydrogens is 388 g/mol. The van der Waals surface area contributed by atoms with Gasteiger partial charge in [-0.15, -0.1) is 0 Å². The van der Waals surface area contributed by atoms with Gasteiger partial charge in [0.05, 0.1) is 26.9 Å². The van der Waals surface area contributed by atoms with Crippen molar-refractivity contribution in [3.63, 3.8) is 0 Å². The number of benzene rings is 2. The van der Waals surface area contributed by atoms with Crippen molar-refractivity contribution in [3.05, 3.63) is 47.0 Å². The van der Waals surface area contributed by atoms with Crippen LogP contribution in [-0.2, 0) is 5.60 Å². The van der Waals surface area contributed by atoms with Crippen LogP contribution in [0.2, 0.25) is 0 Å². The van der Waals surface area contributed by atoms with Gasteiger partial charge >= 0.3 is 0 Å². The number of Topliss-reactive ketones (excluding diaryl/α,β-unsaturated/α-hetero) is 1. The van der Waals surface area contributed by atoms with Crippen molar-refractivity contribution >= 4 is 11.9 Å². The zero-order valence-corrected chi connectivity index (χ0v) is 17.6. The van der Waals surface area contributed by atoms with Gasteiger partial charge in [0.25, 0.3) is 0 Å². The van der Waals surface area contributed by atoms with E-state index in [1.165, 1.54) is 21.3 Å². The van der Waals surface area contributed by atoms with E-state index in [1.807, 2.05) is 26.0 Å². The molecule has 1 N–H and O–H groups in total. The lowest BCUT2D eigenvalue weighted by molar-refractivity contribution is -0.00683. The first-order valence-electron chi connectivity index (χ1n) is 9.50. The maximum Gasteiger partial charge on any atom is 0.210 e. The van der Waals surface area contributed by atoms with E-state index >= 15 is 0 Å². The molecule has 4 rings (SSSR count). The zero-order chi connectivity index (χ0) is 21.7. The van der Waals surface area contributed by atoms with Crippen molar-refractivity contribution in [1.82, 2.24) is 0 Å². The Morgan fingerprint density at radius 3 is 2.47 bits per heavy atom. The van der Waals surface area contributed by atoms with Gasteiger partial charge in [-0.05, 0) is 38.1 Å². The SMILES string of the molecule is COc1cc(OC)c2c(c1)OCC(O)(c1ccc3c(c1OC)C=CC(C)(C)O3)C2=O. The van der Waals surface area contributed by atoms with Gasteiger partial charge in [0, 0.05) is 17.7 Å². The van der Waals surface area contributed by atoms with Crippen LogP contribution in [0.3, 0.4) is 0 Å². The highest BCUT2D eigenvalue weighted by Crippen LogP contribution is 2.47. The van der Waals surface area contributed by atoms with Gasteiger partial charge in [-0.3, -0.25) is 4.79 Å². The summed E-state index contributed by atoms with van der Waals surface area (Å²) in [4.78, 5) is 13.5. The second kappa shape index (κ2) is 6.95. The minimum absolute atomic E-state index is 0.153. The molecule has 0 radical (unpaired) electrons. The van der Waals surface area contributed by atoms with Gasteiger partial charge in [-0.25, -0.2) is 0 Å². The highest BCUT2D eigenvalue weighted by atomic mass is 16.5. The van der Waals surface area contributed by atoms with Gasteiger partial charge in [-0.1, -0.05) is 0 Å². The Morgan fingerprint density at radius 1 is 1.03 bits per heavy atom. The third kappa shape index (κ3) is 2.97. The molecule has 0 spiro atoms. The van der Waals surface area contributed by atoms with Crippen molar-refractivity contribution in [3.8, 4) is 28.7 Å². The monoisotopic (exact) mass is 412 g/mol. The topological polar surface area (TPSA) is 83.5 Å². The van der Waals surface area contributed by atoms with Crippen LogP contribution in [0.25, 0.3) is 6.08 Å². The second-order valence-corrected chi connectivity index (χ2v) is 7.78. The minimum atomic E-state index is -1.96. The summed E-state index contributed by atoms with van der Waals surface area (Å²) in [5.41, 5.74) is -1.32. The lowest BCUT2D eigenvalue weighted by Crippen LogP contribution is -2.45. The summed E-state index contributed by atoms with van der Waals surface area (Å²) in [5.74, 6) is 1.47. The molecule has 0 aliphatic carbocycles. The first-order valence-corrected chi connectivity index (χ1v) is 9.50. The summed E-state index contributed by atoms with van der Waals surface area (Å²) in [6, 6.07) is 6.53. The Morgan fingerprint density at radius 2 is 1.80 bits per heavy atom. The van der Waals surface area contributed by atoms with E-state index in [2.05, 4.69) is 0 Å². The van der Waals surface area contributed by atoms with E-state index < -0.39 is 17.0 Å². The summed E-state index contributed by atoms with van der Waals surface area (Å²) < 4.78 is 28.0. The molecule has 0 aromatic heterocycles. The van der Waals surface area contributed by atoms with Crippen LogP contribution in [0.5, 0.6) is 28.7 Å². The lowest BCUT2D eigenvalue weighted by atomic mass is 9.82. The largest absolute Gasteiger partial charge is 0.496 e. The molecule has 1 unspecified atom stereocenters. The number of hydrogen-bond acceptors (Lipinski definition) is 7. The Hall–Kier alpha value is -3.19. The van der Waals surface area contributed by atoms with E-state index in [0.29, 0.717) is 34.1 Å². The van der Waals surface area contributed by atoms with Crippen molar-refractivity contribution in [2.24, 2.45) is 0 Å². The van der Waals surface area contributed by atoms with E-state index in [-0.39, 0.29) is 17.9 Å². The lowest BCUT2D eigenvalue weighted by Gasteiger charge is -2.35. The zero-order valence-electron chi connectivity index (χ0n) is 17.6. The van der Waals surface area contributed by atoms with Crippen LogP contribution < -0.4 is 23.7 Å². The Balaban J connectivity index is 1.86. The summed E-state index contributed by atoms with van der Waals surface area (Å²) in [6.07, 6.45) is 3.77. The fraction of sp³-hybridized carbons (Fsp3) is 0.348. The molecule has 1 atom stereocenters. The molecule has 158 valence electrons. The molecule has 2 heterocycles. The Labute approximate surface area is 174 Å². The number of aliphatic hydroxyl groups is 1. The molecule has 2 aliphatic rings. The first kappa shape index (κ1) is 20.1. The number of carbonyl (C=O) groups is 1. The summed E-state index contributed by atoms with van der Waals surface area (Å²) >= 11 is 0. The Bertz CT molecular complexity index is 1040. The van der Waals surface area contributed by atoms with Crippen LogP contribution in [0.15, 0.2) is 30.3 Å². The quantitative estimate of drug-likeness (QED) is 0.824. The number of ether oxygens (including phenoxy) is 5. The molecule has 7 heteroatoms. The van der Waals surface area contributed by atoms with Crippen LogP contribution in [0.1, 0.15) is 35.3 Å². The predicted octanol–water partition coefficient (Wildman–Crippen LogP) is 3.36. The number of carbonyl (C=O) groups excluding carboxylic acids is 1. The summed E-state index contributed by atoms with van der Waals surface area (Å²) in [7, 11) is 4.44. The number of methoxy groups -OCH3 is 3. The number of ketones is 1. The van der Waals surface area contributed by atoms with Crippen LogP contribution in [0.4, 0.5) is 0 Å². The number of hydrogen-bond donors (Lipinski definition) is 1. The van der Waals surface area contributed by atoms with Gasteiger partial charge < -0.3 is 28.8 Å². The second-order valence-electron chi connectivity index (χ2n) is 7.78. The maximum atomic E-state index is 13.5. The summed E-state index contributed by atoms with van der Waals surface area (Å²) in [5, 5.41) is 11.5. The van der Waals surface area contributed by atoms with Gasteiger partial charge in [0.15, 0.2) is 5.60 Å². The minimum Gasteiger partial charge on any atom is -0.496 e. The van der Waals surface area contributed by atoms with Crippen molar-refractivity contribution in [2.45, 2.75) is 25.0 Å². The molecule has 0 saturated carbocycles. The van der Waals surface area contributed by atoms with Gasteiger partial charge in [-0.2, -0.15) is 0 Å².